The highest BCUT2D eigenvalue weighted by Gasteiger charge is 2.08. The maximum absolute atomic E-state index is 13.0. The first-order valence-corrected chi connectivity index (χ1v) is 6.90. The van der Waals surface area contributed by atoms with Crippen LogP contribution in [0.5, 0.6) is 11.5 Å². The van der Waals surface area contributed by atoms with E-state index in [1.165, 1.54) is 12.1 Å². The fraction of sp³-hybridized carbons (Fsp3) is 0.250. The number of halogens is 2. The lowest BCUT2D eigenvalue weighted by Gasteiger charge is -2.13. The first-order valence-electron chi connectivity index (χ1n) is 6.52. The minimum Gasteiger partial charge on any atom is -0.497 e. The first-order chi connectivity index (χ1) is 10.1. The maximum Gasteiger partial charge on any atom is 0.127 e. The summed E-state index contributed by atoms with van der Waals surface area (Å²) in [4.78, 5) is 0. The molecule has 0 spiro atoms. The van der Waals surface area contributed by atoms with Crippen LogP contribution in [-0.4, -0.2) is 14.2 Å². The molecule has 0 heterocycles. The molecule has 2 aromatic rings. The largest absolute Gasteiger partial charge is 0.497 e. The van der Waals surface area contributed by atoms with Crippen LogP contribution in [0.25, 0.3) is 0 Å². The minimum absolute atomic E-state index is 0.267. The Morgan fingerprint density at radius 3 is 2.57 bits per heavy atom. The summed E-state index contributed by atoms with van der Waals surface area (Å²) in [6.45, 7) is 0.944. The SMILES string of the molecule is CNCc1ccc(OC)cc1OCc1ccc(F)cc1Cl. The third-order valence-corrected chi connectivity index (χ3v) is 3.39. The van der Waals surface area contributed by atoms with Crippen molar-refractivity contribution in [1.82, 2.24) is 5.32 Å². The topological polar surface area (TPSA) is 30.5 Å². The van der Waals surface area contributed by atoms with Crippen LogP contribution in [0.1, 0.15) is 11.1 Å². The van der Waals surface area contributed by atoms with Crippen LogP contribution in [0, 0.1) is 5.82 Å². The smallest absolute Gasteiger partial charge is 0.127 e. The van der Waals surface area contributed by atoms with Crippen molar-refractivity contribution >= 4 is 11.6 Å². The monoisotopic (exact) mass is 309 g/mol. The molecule has 0 bridgehead atoms. The normalized spacial score (nSPS) is 10.5. The first kappa shape index (κ1) is 15.6. The second-order valence-corrected chi connectivity index (χ2v) is 4.94. The standard InChI is InChI=1S/C16H17ClFNO2/c1-19-9-11-4-6-14(20-2)8-16(11)21-10-12-3-5-13(18)7-15(12)17/h3-8,19H,9-10H2,1-2H3. The molecule has 112 valence electrons. The molecule has 2 rings (SSSR count). The lowest BCUT2D eigenvalue weighted by molar-refractivity contribution is 0.299. The van der Waals surface area contributed by atoms with E-state index in [9.17, 15) is 4.39 Å². The van der Waals surface area contributed by atoms with E-state index in [0.29, 0.717) is 17.3 Å². The van der Waals surface area contributed by atoms with Crippen LogP contribution in [-0.2, 0) is 13.2 Å². The summed E-state index contributed by atoms with van der Waals surface area (Å²) in [6.07, 6.45) is 0. The van der Waals surface area contributed by atoms with Crippen molar-refractivity contribution in [3.8, 4) is 11.5 Å². The van der Waals surface area contributed by atoms with Gasteiger partial charge in [0.25, 0.3) is 0 Å². The number of methoxy groups -OCH3 is 1. The number of ether oxygens (including phenoxy) is 2. The molecule has 3 nitrogen and oxygen atoms in total. The Morgan fingerprint density at radius 1 is 1.14 bits per heavy atom. The zero-order valence-corrected chi connectivity index (χ0v) is 12.7. The molecular formula is C16H17ClFNO2. The number of nitrogens with one attached hydrogen (secondary N) is 1. The van der Waals surface area contributed by atoms with Gasteiger partial charge in [0.05, 0.1) is 12.1 Å². The summed E-state index contributed by atoms with van der Waals surface area (Å²) >= 11 is 6.00. The van der Waals surface area contributed by atoms with Gasteiger partial charge in [-0.3, -0.25) is 0 Å². The average Bonchev–Trinajstić information content (AvgIpc) is 2.48. The summed E-state index contributed by atoms with van der Waals surface area (Å²) in [5.41, 5.74) is 1.74. The highest BCUT2D eigenvalue weighted by molar-refractivity contribution is 6.31. The fourth-order valence-corrected chi connectivity index (χ4v) is 2.15. The van der Waals surface area contributed by atoms with Crippen molar-refractivity contribution in [1.29, 1.82) is 0 Å². The maximum atomic E-state index is 13.0. The molecule has 0 aliphatic heterocycles. The van der Waals surface area contributed by atoms with E-state index in [4.69, 9.17) is 21.1 Å². The predicted octanol–water partition coefficient (Wildman–Crippen LogP) is 3.79. The molecule has 0 aliphatic rings. The van der Waals surface area contributed by atoms with Gasteiger partial charge in [0.1, 0.15) is 23.9 Å². The van der Waals surface area contributed by atoms with Crippen molar-refractivity contribution in [2.45, 2.75) is 13.2 Å². The molecular weight excluding hydrogens is 293 g/mol. The van der Waals surface area contributed by atoms with Gasteiger partial charge in [0, 0.05) is 23.7 Å². The molecule has 0 amide bonds. The summed E-state index contributed by atoms with van der Waals surface area (Å²) < 4.78 is 24.0. The Hall–Kier alpha value is -1.78. The Balaban J connectivity index is 2.17. The van der Waals surface area contributed by atoms with Gasteiger partial charge in [0.15, 0.2) is 0 Å². The van der Waals surface area contributed by atoms with Crippen molar-refractivity contribution in [3.05, 3.63) is 58.4 Å². The van der Waals surface area contributed by atoms with E-state index in [0.717, 1.165) is 16.9 Å². The molecule has 5 heteroatoms. The zero-order chi connectivity index (χ0) is 15.2. The zero-order valence-electron chi connectivity index (χ0n) is 12.0. The van der Waals surface area contributed by atoms with Gasteiger partial charge in [-0.1, -0.05) is 23.7 Å². The Kier molecular flexibility index (Phi) is 5.42. The van der Waals surface area contributed by atoms with Gasteiger partial charge in [-0.05, 0) is 25.2 Å². The second kappa shape index (κ2) is 7.29. The van der Waals surface area contributed by atoms with E-state index >= 15 is 0 Å². The van der Waals surface area contributed by atoms with E-state index in [2.05, 4.69) is 5.32 Å². The molecule has 0 radical (unpaired) electrons. The summed E-state index contributed by atoms with van der Waals surface area (Å²) in [6, 6.07) is 9.91. The Morgan fingerprint density at radius 2 is 1.90 bits per heavy atom. The van der Waals surface area contributed by atoms with Gasteiger partial charge >= 0.3 is 0 Å². The fourth-order valence-electron chi connectivity index (χ4n) is 1.93. The molecule has 0 aromatic heterocycles. The molecule has 1 N–H and O–H groups in total. The molecule has 0 aliphatic carbocycles. The lowest BCUT2D eigenvalue weighted by atomic mass is 10.2. The van der Waals surface area contributed by atoms with Crippen LogP contribution >= 0.6 is 11.6 Å². The van der Waals surface area contributed by atoms with Crippen molar-refractivity contribution in [2.75, 3.05) is 14.2 Å². The Labute approximate surface area is 128 Å². The average molecular weight is 310 g/mol. The van der Waals surface area contributed by atoms with Crippen LogP contribution in [0.2, 0.25) is 5.02 Å². The van der Waals surface area contributed by atoms with E-state index in [1.54, 1.807) is 13.2 Å². The summed E-state index contributed by atoms with van der Waals surface area (Å²) in [5.74, 6) is 1.07. The summed E-state index contributed by atoms with van der Waals surface area (Å²) in [7, 11) is 3.47. The molecule has 0 fully saturated rings. The highest BCUT2D eigenvalue weighted by atomic mass is 35.5. The quantitative estimate of drug-likeness (QED) is 0.880. The number of hydrogen-bond donors (Lipinski definition) is 1. The van der Waals surface area contributed by atoms with Crippen LogP contribution in [0.3, 0.4) is 0 Å². The molecule has 0 saturated heterocycles. The van der Waals surface area contributed by atoms with Crippen LogP contribution in [0.15, 0.2) is 36.4 Å². The molecule has 2 aromatic carbocycles. The molecule has 0 unspecified atom stereocenters. The van der Waals surface area contributed by atoms with Gasteiger partial charge in [-0.15, -0.1) is 0 Å². The second-order valence-electron chi connectivity index (χ2n) is 4.53. The van der Waals surface area contributed by atoms with E-state index < -0.39 is 0 Å². The molecule has 0 atom stereocenters. The number of rotatable bonds is 6. The third-order valence-electron chi connectivity index (χ3n) is 3.04. The lowest BCUT2D eigenvalue weighted by Crippen LogP contribution is -2.08. The minimum atomic E-state index is -0.360. The summed E-state index contributed by atoms with van der Waals surface area (Å²) in [5, 5.41) is 3.44. The van der Waals surface area contributed by atoms with Gasteiger partial charge in [0.2, 0.25) is 0 Å². The highest BCUT2D eigenvalue weighted by Crippen LogP contribution is 2.27. The van der Waals surface area contributed by atoms with Gasteiger partial charge in [-0.2, -0.15) is 0 Å². The molecule has 21 heavy (non-hydrogen) atoms. The van der Waals surface area contributed by atoms with Crippen LogP contribution < -0.4 is 14.8 Å². The third kappa shape index (κ3) is 4.09. The van der Waals surface area contributed by atoms with E-state index in [1.807, 2.05) is 25.2 Å². The number of benzene rings is 2. The Bertz CT molecular complexity index is 619. The molecule has 0 saturated carbocycles. The number of hydrogen-bond acceptors (Lipinski definition) is 3. The van der Waals surface area contributed by atoms with Crippen molar-refractivity contribution < 1.29 is 13.9 Å². The van der Waals surface area contributed by atoms with Gasteiger partial charge < -0.3 is 14.8 Å². The van der Waals surface area contributed by atoms with E-state index in [-0.39, 0.29) is 12.4 Å². The van der Waals surface area contributed by atoms with Gasteiger partial charge in [-0.25, -0.2) is 4.39 Å². The van der Waals surface area contributed by atoms with Crippen LogP contribution in [0.4, 0.5) is 4.39 Å². The predicted molar refractivity (Wildman–Crippen MR) is 81.5 cm³/mol. The van der Waals surface area contributed by atoms with Crippen molar-refractivity contribution in [3.63, 3.8) is 0 Å². The van der Waals surface area contributed by atoms with Crippen molar-refractivity contribution in [2.24, 2.45) is 0 Å².